The minimum Gasteiger partial charge on any atom is -0.490 e. The summed E-state index contributed by atoms with van der Waals surface area (Å²) in [4.78, 5) is 0. The largest absolute Gasteiger partial charge is 0.490 e. The van der Waals surface area contributed by atoms with Crippen LogP contribution in [0.15, 0.2) is 36.4 Å². The number of halogens is 2. The normalized spacial score (nSPS) is 16.2. The summed E-state index contributed by atoms with van der Waals surface area (Å²) in [5.41, 5.74) is 0.677. The van der Waals surface area contributed by atoms with E-state index in [4.69, 9.17) is 14.2 Å². The van der Waals surface area contributed by atoms with Crippen molar-refractivity contribution in [3.63, 3.8) is 0 Å². The third-order valence-electron chi connectivity index (χ3n) is 4.40. The molecule has 0 N–H and O–H groups in total. The first-order valence-corrected chi connectivity index (χ1v) is 9.68. The van der Waals surface area contributed by atoms with E-state index in [0.29, 0.717) is 17.9 Å². The lowest BCUT2D eigenvalue weighted by molar-refractivity contribution is -0.105. The zero-order valence-electron chi connectivity index (χ0n) is 16.0. The summed E-state index contributed by atoms with van der Waals surface area (Å²) >= 11 is 0. The highest BCUT2D eigenvalue weighted by atomic mass is 19.2. The van der Waals surface area contributed by atoms with Crippen molar-refractivity contribution in [2.75, 3.05) is 13.2 Å². The van der Waals surface area contributed by atoms with E-state index in [0.717, 1.165) is 38.7 Å². The summed E-state index contributed by atoms with van der Waals surface area (Å²) in [5, 5.41) is 0. The van der Waals surface area contributed by atoms with Gasteiger partial charge in [0.15, 0.2) is 17.9 Å². The molecule has 0 saturated carbocycles. The maximum atomic E-state index is 14.2. The van der Waals surface area contributed by atoms with Gasteiger partial charge in [0.05, 0.1) is 18.8 Å². The average Bonchev–Trinajstić information content (AvgIpc) is 2.72. The molecule has 1 saturated heterocycles. The second kappa shape index (κ2) is 10.1. The molecule has 1 atom stereocenters. The summed E-state index contributed by atoms with van der Waals surface area (Å²) in [5.74, 6) is 4.15. The van der Waals surface area contributed by atoms with Crippen LogP contribution in [0.2, 0.25) is 0 Å². The van der Waals surface area contributed by atoms with Gasteiger partial charge in [-0.2, -0.15) is 4.39 Å². The Kier molecular flexibility index (Phi) is 7.27. The van der Waals surface area contributed by atoms with Crippen LogP contribution in [0.5, 0.6) is 11.5 Å². The van der Waals surface area contributed by atoms with Crippen LogP contribution in [0.4, 0.5) is 8.78 Å². The lowest BCUT2D eigenvalue weighted by atomic mass is 10.1. The summed E-state index contributed by atoms with van der Waals surface area (Å²) in [6, 6.07) is 10.0. The van der Waals surface area contributed by atoms with Gasteiger partial charge in [-0.1, -0.05) is 25.2 Å². The van der Waals surface area contributed by atoms with E-state index < -0.39 is 11.6 Å². The molecule has 148 valence electrons. The number of unbranched alkanes of at least 4 members (excludes halogenated alkanes) is 1. The second-order valence-corrected chi connectivity index (χ2v) is 6.63. The van der Waals surface area contributed by atoms with Gasteiger partial charge in [-0.3, -0.25) is 0 Å². The van der Waals surface area contributed by atoms with Crippen LogP contribution in [-0.4, -0.2) is 19.5 Å². The fourth-order valence-corrected chi connectivity index (χ4v) is 2.78. The highest BCUT2D eigenvalue weighted by Gasteiger charge is 2.15. The van der Waals surface area contributed by atoms with Gasteiger partial charge in [0.25, 0.3) is 0 Å². The predicted molar refractivity (Wildman–Crippen MR) is 103 cm³/mol. The molecule has 0 radical (unpaired) electrons. The minimum atomic E-state index is -1.00. The zero-order chi connectivity index (χ0) is 19.8. The van der Waals surface area contributed by atoms with Gasteiger partial charge in [0.1, 0.15) is 5.75 Å². The Morgan fingerprint density at radius 3 is 2.57 bits per heavy atom. The fourth-order valence-electron chi connectivity index (χ4n) is 2.78. The first-order chi connectivity index (χ1) is 13.7. The van der Waals surface area contributed by atoms with Gasteiger partial charge < -0.3 is 14.2 Å². The molecule has 3 rings (SSSR count). The number of hydrogen-bond donors (Lipinski definition) is 0. The number of hydrogen-bond acceptors (Lipinski definition) is 3. The molecular formula is C23H24F2O3. The third-order valence-corrected chi connectivity index (χ3v) is 4.40. The maximum absolute atomic E-state index is 14.2. The van der Waals surface area contributed by atoms with E-state index in [1.54, 1.807) is 24.3 Å². The molecule has 1 heterocycles. The van der Waals surface area contributed by atoms with Gasteiger partial charge in [0.2, 0.25) is 5.82 Å². The quantitative estimate of drug-likeness (QED) is 0.488. The van der Waals surface area contributed by atoms with E-state index in [-0.39, 0.29) is 17.6 Å². The maximum Gasteiger partial charge on any atom is 0.201 e. The van der Waals surface area contributed by atoms with Crippen LogP contribution in [0.3, 0.4) is 0 Å². The van der Waals surface area contributed by atoms with Gasteiger partial charge in [-0.15, -0.1) is 0 Å². The Morgan fingerprint density at radius 1 is 1.04 bits per heavy atom. The Morgan fingerprint density at radius 2 is 1.86 bits per heavy atom. The van der Waals surface area contributed by atoms with Crippen molar-refractivity contribution in [3.05, 3.63) is 59.2 Å². The molecule has 3 nitrogen and oxygen atoms in total. The molecule has 28 heavy (non-hydrogen) atoms. The molecule has 0 aromatic heterocycles. The van der Waals surface area contributed by atoms with E-state index in [1.807, 2.05) is 6.92 Å². The SMILES string of the molecule is CCCCOc1ccc(C#Cc2ccc(OC3CCCCO3)cc2)c(F)c1F. The van der Waals surface area contributed by atoms with Crippen molar-refractivity contribution in [2.24, 2.45) is 0 Å². The Bertz CT molecular complexity index is 831. The zero-order valence-corrected chi connectivity index (χ0v) is 16.0. The molecule has 2 aromatic carbocycles. The van der Waals surface area contributed by atoms with Crippen molar-refractivity contribution >= 4 is 0 Å². The van der Waals surface area contributed by atoms with Crippen LogP contribution in [0, 0.1) is 23.5 Å². The smallest absolute Gasteiger partial charge is 0.201 e. The van der Waals surface area contributed by atoms with Crippen LogP contribution >= 0.6 is 0 Å². The molecule has 1 aliphatic rings. The van der Waals surface area contributed by atoms with Crippen molar-refractivity contribution in [3.8, 4) is 23.3 Å². The van der Waals surface area contributed by atoms with E-state index in [2.05, 4.69) is 11.8 Å². The van der Waals surface area contributed by atoms with Crippen LogP contribution in [0.1, 0.15) is 50.2 Å². The third kappa shape index (κ3) is 5.46. The summed E-state index contributed by atoms with van der Waals surface area (Å²) < 4.78 is 44.9. The van der Waals surface area contributed by atoms with Crippen molar-refractivity contribution in [1.82, 2.24) is 0 Å². The van der Waals surface area contributed by atoms with Crippen molar-refractivity contribution < 1.29 is 23.0 Å². The first-order valence-electron chi connectivity index (χ1n) is 9.68. The fraction of sp³-hybridized carbons (Fsp3) is 0.391. The van der Waals surface area contributed by atoms with Gasteiger partial charge in [-0.05, 0) is 55.7 Å². The molecule has 5 heteroatoms. The highest BCUT2D eigenvalue weighted by molar-refractivity contribution is 5.46. The molecule has 1 unspecified atom stereocenters. The molecular weight excluding hydrogens is 362 g/mol. The van der Waals surface area contributed by atoms with E-state index in [9.17, 15) is 8.78 Å². The van der Waals surface area contributed by atoms with Gasteiger partial charge in [0, 0.05) is 12.0 Å². The molecule has 0 bridgehead atoms. The Balaban J connectivity index is 1.65. The van der Waals surface area contributed by atoms with Crippen LogP contribution < -0.4 is 9.47 Å². The number of rotatable bonds is 6. The minimum absolute atomic E-state index is 0.00345. The lowest BCUT2D eigenvalue weighted by Crippen LogP contribution is -2.24. The van der Waals surface area contributed by atoms with Gasteiger partial charge in [-0.25, -0.2) is 4.39 Å². The molecule has 0 amide bonds. The molecule has 1 fully saturated rings. The Labute approximate surface area is 164 Å². The van der Waals surface area contributed by atoms with Gasteiger partial charge >= 0.3 is 0 Å². The summed E-state index contributed by atoms with van der Waals surface area (Å²) in [6.07, 6.45) is 4.54. The number of benzene rings is 2. The van der Waals surface area contributed by atoms with E-state index >= 15 is 0 Å². The monoisotopic (exact) mass is 386 g/mol. The summed E-state index contributed by atoms with van der Waals surface area (Å²) in [7, 11) is 0. The van der Waals surface area contributed by atoms with Crippen LogP contribution in [0.25, 0.3) is 0 Å². The van der Waals surface area contributed by atoms with Crippen LogP contribution in [-0.2, 0) is 4.74 Å². The Hall–Kier alpha value is -2.58. The number of ether oxygens (including phenoxy) is 3. The average molecular weight is 386 g/mol. The standard InChI is InChI=1S/C23H24F2O3/c1-2-3-15-26-20-14-11-18(22(24)23(20)25)10-7-17-8-12-19(13-9-17)28-21-6-4-5-16-27-21/h8-9,11-14,21H,2-6,15-16H2,1H3. The first kappa shape index (κ1) is 20.2. The molecule has 0 aliphatic carbocycles. The van der Waals surface area contributed by atoms with Crippen molar-refractivity contribution in [2.45, 2.75) is 45.3 Å². The lowest BCUT2D eigenvalue weighted by Gasteiger charge is -2.23. The predicted octanol–water partition coefficient (Wildman–Crippen LogP) is 5.45. The highest BCUT2D eigenvalue weighted by Crippen LogP contribution is 2.23. The molecule has 0 spiro atoms. The topological polar surface area (TPSA) is 27.7 Å². The van der Waals surface area contributed by atoms with E-state index in [1.165, 1.54) is 12.1 Å². The second-order valence-electron chi connectivity index (χ2n) is 6.63. The van der Waals surface area contributed by atoms with Crippen molar-refractivity contribution in [1.29, 1.82) is 0 Å². The molecule has 1 aliphatic heterocycles. The summed E-state index contributed by atoms with van der Waals surface area (Å²) in [6.45, 7) is 3.08. The molecule has 2 aromatic rings.